The third kappa shape index (κ3) is 10.3. The van der Waals surface area contributed by atoms with Gasteiger partial charge >= 0.3 is 5.97 Å². The van der Waals surface area contributed by atoms with E-state index in [1.165, 1.54) is 5.56 Å². The van der Waals surface area contributed by atoms with Crippen LogP contribution in [0.2, 0.25) is 0 Å². The number of pyridine rings is 2. The SMILES string of the molecule is Cc1cc(OCCOCCOCCOCCP(O)O)ccc1CCc1cnc2c(N)nc3cc(CCC(=O)O)ccc3c2c1. The molecule has 0 aliphatic rings. The lowest BCUT2D eigenvalue weighted by atomic mass is 9.99. The van der Waals surface area contributed by atoms with Gasteiger partial charge in [-0.3, -0.25) is 9.78 Å². The fourth-order valence-electron chi connectivity index (χ4n) is 4.77. The number of ether oxygens (including phenoxy) is 4. The second-order valence-corrected chi connectivity index (χ2v) is 11.5. The summed E-state index contributed by atoms with van der Waals surface area (Å²) in [5.74, 6) is 0.325. The third-order valence-corrected chi connectivity index (χ3v) is 7.66. The second-order valence-electron chi connectivity index (χ2n) is 10.4. The molecule has 12 heteroatoms. The van der Waals surface area contributed by atoms with Gasteiger partial charge in [-0.15, -0.1) is 0 Å². The van der Waals surface area contributed by atoms with Crippen molar-refractivity contribution in [3.8, 4) is 5.75 Å². The van der Waals surface area contributed by atoms with E-state index in [9.17, 15) is 4.79 Å². The molecular formula is C32H40N3O8P. The Morgan fingerprint density at radius 2 is 1.57 bits per heavy atom. The van der Waals surface area contributed by atoms with Crippen molar-refractivity contribution in [3.05, 3.63) is 70.9 Å². The first-order valence-corrected chi connectivity index (χ1v) is 16.0. The summed E-state index contributed by atoms with van der Waals surface area (Å²) in [5, 5.41) is 10.9. The third-order valence-electron chi connectivity index (χ3n) is 7.08. The molecule has 0 spiro atoms. The number of hydrogen-bond donors (Lipinski definition) is 4. The number of hydrogen-bond acceptors (Lipinski definition) is 10. The molecule has 0 fully saturated rings. The number of aromatic nitrogens is 2. The summed E-state index contributed by atoms with van der Waals surface area (Å²) in [6.45, 7) is 5.01. The van der Waals surface area contributed by atoms with Crippen LogP contribution in [0.1, 0.15) is 28.7 Å². The Hall–Kier alpha value is -3.44. The van der Waals surface area contributed by atoms with Crippen molar-refractivity contribution >= 4 is 42.0 Å². The average Bonchev–Trinajstić information content (AvgIpc) is 2.99. The molecule has 0 radical (unpaired) electrons. The van der Waals surface area contributed by atoms with E-state index in [2.05, 4.69) is 29.0 Å². The lowest BCUT2D eigenvalue weighted by molar-refractivity contribution is -0.136. The molecule has 236 valence electrons. The van der Waals surface area contributed by atoms with E-state index in [-0.39, 0.29) is 12.6 Å². The number of aryl methyl sites for hydroxylation is 4. The molecule has 2 aromatic heterocycles. The number of nitrogens with zero attached hydrogens (tertiary/aromatic N) is 2. The zero-order valence-corrected chi connectivity index (χ0v) is 25.8. The van der Waals surface area contributed by atoms with E-state index >= 15 is 0 Å². The van der Waals surface area contributed by atoms with Crippen LogP contribution in [-0.4, -0.2) is 83.2 Å². The molecule has 4 rings (SSSR count). The van der Waals surface area contributed by atoms with Gasteiger partial charge in [0.15, 0.2) is 14.2 Å². The van der Waals surface area contributed by atoms with Crippen LogP contribution >= 0.6 is 8.38 Å². The molecule has 0 aliphatic heterocycles. The smallest absolute Gasteiger partial charge is 0.303 e. The van der Waals surface area contributed by atoms with Crippen LogP contribution in [0.4, 0.5) is 5.82 Å². The molecule has 0 saturated heterocycles. The normalized spacial score (nSPS) is 11.5. The van der Waals surface area contributed by atoms with Gasteiger partial charge in [-0.25, -0.2) is 4.98 Å². The van der Waals surface area contributed by atoms with Gasteiger partial charge < -0.3 is 39.6 Å². The highest BCUT2D eigenvalue weighted by molar-refractivity contribution is 7.45. The Kier molecular flexibility index (Phi) is 13.0. The highest BCUT2D eigenvalue weighted by Crippen LogP contribution is 2.29. The van der Waals surface area contributed by atoms with Crippen molar-refractivity contribution in [1.29, 1.82) is 0 Å². The summed E-state index contributed by atoms with van der Waals surface area (Å²) in [6, 6.07) is 14.1. The number of benzene rings is 2. The molecule has 2 aromatic carbocycles. The zero-order valence-electron chi connectivity index (χ0n) is 24.9. The van der Waals surface area contributed by atoms with E-state index in [1.54, 1.807) is 0 Å². The first-order chi connectivity index (χ1) is 21.3. The number of nitrogen functional groups attached to an aromatic ring is 1. The molecule has 0 amide bonds. The number of carbonyl (C=O) groups is 1. The van der Waals surface area contributed by atoms with E-state index in [4.69, 9.17) is 39.6 Å². The maximum Gasteiger partial charge on any atom is 0.303 e. The summed E-state index contributed by atoms with van der Waals surface area (Å²) in [6.07, 6.45) is 4.25. The topological polar surface area (TPSA) is 166 Å². The minimum Gasteiger partial charge on any atom is -0.491 e. The second kappa shape index (κ2) is 17.2. The maximum atomic E-state index is 11.0. The fraction of sp³-hybridized carbons (Fsp3) is 0.406. The fourth-order valence-corrected chi connectivity index (χ4v) is 5.06. The van der Waals surface area contributed by atoms with Crippen molar-refractivity contribution < 1.29 is 38.6 Å². The number of aliphatic carboxylic acids is 1. The Bertz CT molecular complexity index is 1530. The number of nitrogens with two attached hydrogens (primary N) is 1. The van der Waals surface area contributed by atoms with Crippen LogP contribution in [0, 0.1) is 6.92 Å². The predicted molar refractivity (Wildman–Crippen MR) is 170 cm³/mol. The molecule has 5 N–H and O–H groups in total. The molecular weight excluding hydrogens is 585 g/mol. The molecule has 2 heterocycles. The van der Waals surface area contributed by atoms with Gasteiger partial charge in [-0.1, -0.05) is 18.2 Å². The molecule has 4 aromatic rings. The number of fused-ring (bicyclic) bond motifs is 3. The Balaban J connectivity index is 1.23. The van der Waals surface area contributed by atoms with Gasteiger partial charge in [0.05, 0.1) is 45.2 Å². The van der Waals surface area contributed by atoms with E-state index in [0.29, 0.717) is 64.0 Å². The first kappa shape index (κ1) is 33.5. The van der Waals surface area contributed by atoms with Gasteiger partial charge in [-0.05, 0) is 72.7 Å². The predicted octanol–water partition coefficient (Wildman–Crippen LogP) is 4.20. The number of anilines is 1. The molecule has 0 atom stereocenters. The highest BCUT2D eigenvalue weighted by Gasteiger charge is 2.11. The molecule has 44 heavy (non-hydrogen) atoms. The molecule has 0 saturated carbocycles. The average molecular weight is 626 g/mol. The zero-order chi connectivity index (χ0) is 31.3. The Labute approximate surface area is 257 Å². The van der Waals surface area contributed by atoms with Crippen LogP contribution in [-0.2, 0) is 38.3 Å². The quantitative estimate of drug-likeness (QED) is 0.0670. The molecule has 11 nitrogen and oxygen atoms in total. The summed E-state index contributed by atoms with van der Waals surface area (Å²) in [7, 11) is -1.90. The number of carboxylic acid groups (broad SMARTS) is 1. The van der Waals surface area contributed by atoms with Crippen molar-refractivity contribution in [2.24, 2.45) is 0 Å². The van der Waals surface area contributed by atoms with Crippen molar-refractivity contribution in [1.82, 2.24) is 9.97 Å². The lowest BCUT2D eigenvalue weighted by Gasteiger charge is -2.12. The largest absolute Gasteiger partial charge is 0.491 e. The van der Waals surface area contributed by atoms with E-state index in [0.717, 1.165) is 51.6 Å². The summed E-state index contributed by atoms with van der Waals surface area (Å²) in [4.78, 5) is 37.7. The van der Waals surface area contributed by atoms with Crippen LogP contribution in [0.25, 0.3) is 21.8 Å². The Morgan fingerprint density at radius 1 is 0.841 bits per heavy atom. The minimum atomic E-state index is -1.90. The monoisotopic (exact) mass is 625 g/mol. The van der Waals surface area contributed by atoms with Crippen molar-refractivity contribution in [3.63, 3.8) is 0 Å². The number of rotatable bonds is 19. The maximum absolute atomic E-state index is 11.0. The summed E-state index contributed by atoms with van der Waals surface area (Å²) < 4.78 is 22.0. The van der Waals surface area contributed by atoms with Gasteiger partial charge in [0.25, 0.3) is 0 Å². The Morgan fingerprint density at radius 3 is 2.27 bits per heavy atom. The first-order valence-electron chi connectivity index (χ1n) is 14.6. The van der Waals surface area contributed by atoms with Crippen LogP contribution in [0.5, 0.6) is 5.75 Å². The molecule has 0 bridgehead atoms. The molecule has 0 aliphatic carbocycles. The minimum absolute atomic E-state index is 0.0670. The summed E-state index contributed by atoms with van der Waals surface area (Å²) in [5.41, 5.74) is 12.0. The van der Waals surface area contributed by atoms with Gasteiger partial charge in [0.2, 0.25) is 0 Å². The van der Waals surface area contributed by atoms with Gasteiger partial charge in [0.1, 0.15) is 17.9 Å². The van der Waals surface area contributed by atoms with Crippen molar-refractivity contribution in [2.75, 3.05) is 58.1 Å². The number of carboxylic acids is 1. The van der Waals surface area contributed by atoms with E-state index < -0.39 is 14.3 Å². The van der Waals surface area contributed by atoms with Crippen LogP contribution in [0.15, 0.2) is 48.7 Å². The van der Waals surface area contributed by atoms with Crippen LogP contribution in [0.3, 0.4) is 0 Å². The lowest BCUT2D eigenvalue weighted by Crippen LogP contribution is -2.13. The van der Waals surface area contributed by atoms with Crippen LogP contribution < -0.4 is 10.5 Å². The van der Waals surface area contributed by atoms with Gasteiger partial charge in [-0.2, -0.15) is 0 Å². The standard InChI is InChI=1S/C32H40N3O8P/c1-22-18-26(43-15-14-41-11-10-40-12-13-42-16-17-44(38)39)7-6-25(22)5-2-24-19-28-27-8-3-23(4-9-30(36)37)20-29(27)35-32(33)31(28)34-21-24/h3,6-8,18-21,38-39H,2,4-5,9-17H2,1H3,(H2,33,35)(H,36,37). The molecule has 0 unspecified atom stereocenters. The highest BCUT2D eigenvalue weighted by atomic mass is 31.2. The summed E-state index contributed by atoms with van der Waals surface area (Å²) >= 11 is 0. The van der Waals surface area contributed by atoms with Crippen molar-refractivity contribution in [2.45, 2.75) is 32.6 Å². The van der Waals surface area contributed by atoms with Gasteiger partial charge in [0, 0.05) is 29.6 Å². The van der Waals surface area contributed by atoms with E-state index in [1.807, 2.05) is 36.5 Å².